The molecular weight excluding hydrogens is 805 g/mol. The number of hydrogen-bond donors (Lipinski definition) is 0. The Morgan fingerprint density at radius 2 is 0.554 bits per heavy atom. The molecule has 0 aliphatic carbocycles. The van der Waals surface area contributed by atoms with Crippen molar-refractivity contribution >= 4 is 17.9 Å². The smallest absolute Gasteiger partial charge is 0.306 e. The first-order chi connectivity index (χ1) is 32.0. The Labute approximate surface area is 404 Å². The molecule has 0 saturated heterocycles. The maximum Gasteiger partial charge on any atom is 0.306 e. The van der Waals surface area contributed by atoms with Gasteiger partial charge in [-0.2, -0.15) is 0 Å². The fraction of sp³-hybridized carbons (Fsp3) is 0.847. The van der Waals surface area contributed by atoms with E-state index in [1.807, 2.05) is 0 Å². The molecule has 380 valence electrons. The van der Waals surface area contributed by atoms with E-state index in [2.05, 4.69) is 57.2 Å². The summed E-state index contributed by atoms with van der Waals surface area (Å²) in [5, 5.41) is 0. The summed E-state index contributed by atoms with van der Waals surface area (Å²) < 4.78 is 16.8. The number of carbonyl (C=O) groups excluding carboxylic acids is 3. The van der Waals surface area contributed by atoms with E-state index in [9.17, 15) is 14.4 Å². The summed E-state index contributed by atoms with van der Waals surface area (Å²) in [6, 6.07) is 0. The summed E-state index contributed by atoms with van der Waals surface area (Å²) in [6.07, 6.45) is 64.2. The minimum Gasteiger partial charge on any atom is -0.462 e. The summed E-state index contributed by atoms with van der Waals surface area (Å²) in [5.74, 6) is -0.869. The average molecular weight is 914 g/mol. The first kappa shape index (κ1) is 62.6. The number of esters is 3. The van der Waals surface area contributed by atoms with Crippen molar-refractivity contribution in [3.63, 3.8) is 0 Å². The molecule has 65 heavy (non-hydrogen) atoms. The van der Waals surface area contributed by atoms with E-state index >= 15 is 0 Å². The number of ether oxygens (including phenoxy) is 3. The fourth-order valence-electron chi connectivity index (χ4n) is 8.33. The molecule has 0 N–H and O–H groups in total. The Morgan fingerprint density at radius 3 is 0.892 bits per heavy atom. The van der Waals surface area contributed by atoms with E-state index in [-0.39, 0.29) is 31.1 Å². The van der Waals surface area contributed by atoms with Gasteiger partial charge in [0.1, 0.15) is 13.2 Å². The highest BCUT2D eigenvalue weighted by molar-refractivity contribution is 5.71. The minimum atomic E-state index is -0.772. The molecule has 6 heteroatoms. The van der Waals surface area contributed by atoms with Crippen LogP contribution in [0.25, 0.3) is 0 Å². The van der Waals surface area contributed by atoms with Gasteiger partial charge in [0.25, 0.3) is 0 Å². The van der Waals surface area contributed by atoms with Crippen molar-refractivity contribution in [2.45, 2.75) is 309 Å². The third-order valence-electron chi connectivity index (χ3n) is 12.6. The zero-order valence-electron chi connectivity index (χ0n) is 43.5. The standard InChI is InChI=1S/C59H108O6/c1-4-7-10-13-16-19-22-24-26-28-30-32-33-35-37-40-43-46-49-52-58(61)64-55-56(54-63-57(60)51-48-45-42-39-21-18-15-12-9-6-3)65-59(62)53-50-47-44-41-38-36-34-31-29-27-25-23-20-17-14-11-8-5-2/h16,19,24,26,30,32,56H,4-15,17-18,20-23,25,27-29,31,33-55H2,1-3H3/b19-16-,26-24-,32-30-/t56-/m1/s1. The van der Waals surface area contributed by atoms with Crippen molar-refractivity contribution in [1.29, 1.82) is 0 Å². The highest BCUT2D eigenvalue weighted by Gasteiger charge is 2.19. The van der Waals surface area contributed by atoms with E-state index in [1.165, 1.54) is 186 Å². The molecule has 1 atom stereocenters. The van der Waals surface area contributed by atoms with Gasteiger partial charge in [-0.1, -0.05) is 263 Å². The molecule has 0 spiro atoms. The summed E-state index contributed by atoms with van der Waals surface area (Å²) >= 11 is 0. The Hall–Kier alpha value is -2.37. The number of hydrogen-bond acceptors (Lipinski definition) is 6. The molecule has 0 unspecified atom stereocenters. The fourth-order valence-corrected chi connectivity index (χ4v) is 8.33. The van der Waals surface area contributed by atoms with E-state index in [4.69, 9.17) is 14.2 Å². The SMILES string of the molecule is CCCCC/C=C\C/C=C\C/C=C\CCCCCCCCC(=O)OC[C@@H](COC(=O)CCCCCCCCCCCC)OC(=O)CCCCCCCCCCCCCCCCCCCC. The number of carbonyl (C=O) groups is 3. The van der Waals surface area contributed by atoms with Crippen LogP contribution in [0.3, 0.4) is 0 Å². The quantitative estimate of drug-likeness (QED) is 0.0262. The zero-order chi connectivity index (χ0) is 47.2. The van der Waals surface area contributed by atoms with Crippen LogP contribution in [0.2, 0.25) is 0 Å². The average Bonchev–Trinajstić information content (AvgIpc) is 3.30. The minimum absolute atomic E-state index is 0.0719. The van der Waals surface area contributed by atoms with Gasteiger partial charge in [0, 0.05) is 19.3 Å². The van der Waals surface area contributed by atoms with Crippen molar-refractivity contribution < 1.29 is 28.6 Å². The van der Waals surface area contributed by atoms with Crippen LogP contribution in [0, 0.1) is 0 Å². The summed E-state index contributed by atoms with van der Waals surface area (Å²) in [4.78, 5) is 38.1. The van der Waals surface area contributed by atoms with Crippen LogP contribution in [0.5, 0.6) is 0 Å². The zero-order valence-corrected chi connectivity index (χ0v) is 43.5. The second-order valence-electron chi connectivity index (χ2n) is 19.2. The van der Waals surface area contributed by atoms with Gasteiger partial charge >= 0.3 is 17.9 Å². The molecule has 0 aromatic rings. The van der Waals surface area contributed by atoms with Crippen molar-refractivity contribution in [2.75, 3.05) is 13.2 Å². The van der Waals surface area contributed by atoms with Gasteiger partial charge in [-0.05, 0) is 57.8 Å². The number of allylic oxidation sites excluding steroid dienone is 6. The predicted molar refractivity (Wildman–Crippen MR) is 279 cm³/mol. The molecule has 0 bridgehead atoms. The van der Waals surface area contributed by atoms with Crippen LogP contribution in [0.1, 0.15) is 303 Å². The molecule has 0 aliphatic rings. The lowest BCUT2D eigenvalue weighted by Gasteiger charge is -2.18. The Morgan fingerprint density at radius 1 is 0.308 bits per heavy atom. The van der Waals surface area contributed by atoms with Crippen molar-refractivity contribution in [2.24, 2.45) is 0 Å². The van der Waals surface area contributed by atoms with E-state index in [0.29, 0.717) is 19.3 Å². The van der Waals surface area contributed by atoms with Gasteiger partial charge in [-0.3, -0.25) is 14.4 Å². The molecule has 0 rings (SSSR count). The summed E-state index contributed by atoms with van der Waals surface area (Å²) in [6.45, 7) is 6.63. The van der Waals surface area contributed by atoms with Crippen LogP contribution in [-0.2, 0) is 28.6 Å². The van der Waals surface area contributed by atoms with E-state index < -0.39 is 6.10 Å². The normalized spacial score (nSPS) is 12.2. The lowest BCUT2D eigenvalue weighted by atomic mass is 10.0. The number of unbranched alkanes of at least 4 members (excludes halogenated alkanes) is 35. The first-order valence-electron chi connectivity index (χ1n) is 28.5. The molecule has 0 aliphatic heterocycles. The van der Waals surface area contributed by atoms with Crippen LogP contribution in [0.4, 0.5) is 0 Å². The predicted octanol–water partition coefficient (Wildman–Crippen LogP) is 18.9. The molecular formula is C59H108O6. The lowest BCUT2D eigenvalue weighted by Crippen LogP contribution is -2.30. The molecule has 0 radical (unpaired) electrons. The molecule has 0 aromatic heterocycles. The van der Waals surface area contributed by atoms with Crippen molar-refractivity contribution in [3.8, 4) is 0 Å². The van der Waals surface area contributed by atoms with Gasteiger partial charge < -0.3 is 14.2 Å². The van der Waals surface area contributed by atoms with Crippen LogP contribution in [-0.4, -0.2) is 37.2 Å². The summed E-state index contributed by atoms with van der Waals surface area (Å²) in [7, 11) is 0. The molecule has 0 aromatic carbocycles. The topological polar surface area (TPSA) is 78.9 Å². The van der Waals surface area contributed by atoms with Gasteiger partial charge in [0.15, 0.2) is 6.10 Å². The summed E-state index contributed by atoms with van der Waals surface area (Å²) in [5.41, 5.74) is 0. The maximum absolute atomic E-state index is 12.8. The highest BCUT2D eigenvalue weighted by Crippen LogP contribution is 2.17. The van der Waals surface area contributed by atoms with Crippen LogP contribution in [0.15, 0.2) is 36.5 Å². The Kier molecular flexibility index (Phi) is 52.3. The van der Waals surface area contributed by atoms with Gasteiger partial charge in [-0.15, -0.1) is 0 Å². The van der Waals surface area contributed by atoms with Crippen LogP contribution < -0.4 is 0 Å². The second-order valence-corrected chi connectivity index (χ2v) is 19.2. The third kappa shape index (κ3) is 52.5. The van der Waals surface area contributed by atoms with Crippen molar-refractivity contribution in [3.05, 3.63) is 36.5 Å². The maximum atomic E-state index is 12.8. The van der Waals surface area contributed by atoms with Crippen LogP contribution >= 0.6 is 0 Å². The Bertz CT molecular complexity index is 1090. The molecule has 6 nitrogen and oxygen atoms in total. The van der Waals surface area contributed by atoms with E-state index in [0.717, 1.165) is 77.0 Å². The highest BCUT2D eigenvalue weighted by atomic mass is 16.6. The number of rotatable bonds is 52. The van der Waals surface area contributed by atoms with Crippen molar-refractivity contribution in [1.82, 2.24) is 0 Å². The third-order valence-corrected chi connectivity index (χ3v) is 12.6. The molecule has 0 amide bonds. The van der Waals surface area contributed by atoms with Gasteiger partial charge in [0.05, 0.1) is 0 Å². The molecule has 0 heterocycles. The van der Waals surface area contributed by atoms with Gasteiger partial charge in [-0.25, -0.2) is 0 Å². The second kappa shape index (κ2) is 54.2. The Balaban J connectivity index is 4.30. The largest absolute Gasteiger partial charge is 0.462 e. The first-order valence-corrected chi connectivity index (χ1v) is 28.5. The molecule has 0 saturated carbocycles. The lowest BCUT2D eigenvalue weighted by molar-refractivity contribution is -0.167. The van der Waals surface area contributed by atoms with Gasteiger partial charge in [0.2, 0.25) is 0 Å². The van der Waals surface area contributed by atoms with E-state index in [1.54, 1.807) is 0 Å². The monoisotopic (exact) mass is 913 g/mol. The molecule has 0 fully saturated rings.